The second-order valence-corrected chi connectivity index (χ2v) is 3.74. The zero-order chi connectivity index (χ0) is 11.4. The van der Waals surface area contributed by atoms with Gasteiger partial charge in [-0.15, -0.1) is 0 Å². The van der Waals surface area contributed by atoms with Crippen molar-refractivity contribution in [3.8, 4) is 0 Å². The highest BCUT2D eigenvalue weighted by atomic mass is 16.3. The molecule has 1 N–H and O–H groups in total. The Morgan fingerprint density at radius 3 is 2.94 bits per heavy atom. The fourth-order valence-corrected chi connectivity index (χ4v) is 1.83. The number of hydrogen-bond donors (Lipinski definition) is 1. The van der Waals surface area contributed by atoms with Gasteiger partial charge in [0.15, 0.2) is 0 Å². The van der Waals surface area contributed by atoms with Crippen LogP contribution in [-0.2, 0) is 0 Å². The molecule has 0 bridgehead atoms. The zero-order valence-electron chi connectivity index (χ0n) is 9.60. The van der Waals surface area contributed by atoms with Gasteiger partial charge in [0.05, 0.1) is 12.3 Å². The third kappa shape index (κ3) is 2.14. The van der Waals surface area contributed by atoms with Crippen LogP contribution in [0.15, 0.2) is 41.3 Å². The van der Waals surface area contributed by atoms with Crippen LogP contribution in [0.2, 0.25) is 0 Å². The summed E-state index contributed by atoms with van der Waals surface area (Å²) in [5.74, 6) is 0.941. The molecule has 0 aliphatic heterocycles. The van der Waals surface area contributed by atoms with Gasteiger partial charge in [0, 0.05) is 12.4 Å². The molecule has 0 saturated carbocycles. The summed E-state index contributed by atoms with van der Waals surface area (Å²) in [4.78, 5) is 4.11. The first kappa shape index (κ1) is 10.9. The van der Waals surface area contributed by atoms with Crippen LogP contribution >= 0.6 is 0 Å². The Hall–Kier alpha value is -1.61. The van der Waals surface area contributed by atoms with E-state index < -0.39 is 0 Å². The van der Waals surface area contributed by atoms with Crippen molar-refractivity contribution in [3.63, 3.8) is 0 Å². The summed E-state index contributed by atoms with van der Waals surface area (Å²) < 4.78 is 5.47. The molecule has 2 heterocycles. The van der Waals surface area contributed by atoms with E-state index in [2.05, 4.69) is 24.1 Å². The van der Waals surface area contributed by atoms with E-state index in [4.69, 9.17) is 4.42 Å². The maximum atomic E-state index is 5.47. The van der Waals surface area contributed by atoms with Gasteiger partial charge < -0.3 is 9.73 Å². The van der Waals surface area contributed by atoms with Gasteiger partial charge in [-0.25, -0.2) is 0 Å². The van der Waals surface area contributed by atoms with Gasteiger partial charge in [0.2, 0.25) is 0 Å². The van der Waals surface area contributed by atoms with Crippen molar-refractivity contribution < 1.29 is 4.42 Å². The number of aromatic nitrogens is 1. The van der Waals surface area contributed by atoms with E-state index in [0.717, 1.165) is 12.3 Å². The molecule has 0 spiro atoms. The van der Waals surface area contributed by atoms with E-state index in [0.29, 0.717) is 0 Å². The first-order chi connectivity index (χ1) is 7.83. The molecule has 84 valence electrons. The summed E-state index contributed by atoms with van der Waals surface area (Å²) in [5.41, 5.74) is 2.39. The lowest BCUT2D eigenvalue weighted by Crippen LogP contribution is -2.22. The molecule has 0 fully saturated rings. The molecule has 16 heavy (non-hydrogen) atoms. The van der Waals surface area contributed by atoms with Crippen LogP contribution in [0.3, 0.4) is 0 Å². The Bertz CT molecular complexity index is 437. The average Bonchev–Trinajstić information content (AvgIpc) is 2.80. The van der Waals surface area contributed by atoms with Crippen molar-refractivity contribution in [1.82, 2.24) is 10.3 Å². The highest BCUT2D eigenvalue weighted by Gasteiger charge is 2.17. The van der Waals surface area contributed by atoms with E-state index in [1.165, 1.54) is 11.1 Å². The molecule has 0 saturated heterocycles. The number of rotatable bonds is 4. The lowest BCUT2D eigenvalue weighted by atomic mass is 10.0. The van der Waals surface area contributed by atoms with Crippen LogP contribution in [0.5, 0.6) is 0 Å². The molecule has 3 nitrogen and oxygen atoms in total. The lowest BCUT2D eigenvalue weighted by molar-refractivity contribution is 0.451. The second-order valence-electron chi connectivity index (χ2n) is 3.74. The van der Waals surface area contributed by atoms with Gasteiger partial charge in [-0.1, -0.05) is 6.92 Å². The van der Waals surface area contributed by atoms with Crippen LogP contribution in [0, 0.1) is 6.92 Å². The van der Waals surface area contributed by atoms with Crippen molar-refractivity contribution in [2.24, 2.45) is 0 Å². The summed E-state index contributed by atoms with van der Waals surface area (Å²) in [7, 11) is 0. The SMILES string of the molecule is CCNC(c1ccco1)c1ccncc1C. The molecule has 2 rings (SSSR count). The number of hydrogen-bond acceptors (Lipinski definition) is 3. The normalized spacial score (nSPS) is 12.6. The van der Waals surface area contributed by atoms with Crippen LogP contribution in [-0.4, -0.2) is 11.5 Å². The van der Waals surface area contributed by atoms with Gasteiger partial charge in [0.25, 0.3) is 0 Å². The van der Waals surface area contributed by atoms with E-state index in [-0.39, 0.29) is 6.04 Å². The van der Waals surface area contributed by atoms with Crippen LogP contribution in [0.4, 0.5) is 0 Å². The molecule has 0 radical (unpaired) electrons. The topological polar surface area (TPSA) is 38.1 Å². The van der Waals surface area contributed by atoms with Gasteiger partial charge in [-0.05, 0) is 42.8 Å². The molecule has 0 aliphatic carbocycles. The first-order valence-corrected chi connectivity index (χ1v) is 5.50. The third-order valence-corrected chi connectivity index (χ3v) is 2.61. The fourth-order valence-electron chi connectivity index (χ4n) is 1.83. The second kappa shape index (κ2) is 4.94. The minimum absolute atomic E-state index is 0.114. The van der Waals surface area contributed by atoms with Crippen molar-refractivity contribution in [2.75, 3.05) is 6.54 Å². The Kier molecular flexibility index (Phi) is 3.37. The average molecular weight is 216 g/mol. The summed E-state index contributed by atoms with van der Waals surface area (Å²) >= 11 is 0. The van der Waals surface area contributed by atoms with Crippen LogP contribution < -0.4 is 5.32 Å². The van der Waals surface area contributed by atoms with E-state index in [1.54, 1.807) is 6.26 Å². The molecule has 2 aromatic heterocycles. The number of aryl methyl sites for hydroxylation is 1. The summed E-state index contributed by atoms with van der Waals surface area (Å²) in [6.07, 6.45) is 5.40. The fraction of sp³-hybridized carbons (Fsp3) is 0.308. The summed E-state index contributed by atoms with van der Waals surface area (Å²) in [6.45, 7) is 5.05. The highest BCUT2D eigenvalue weighted by molar-refractivity contribution is 5.31. The maximum absolute atomic E-state index is 5.47. The molecule has 3 heteroatoms. The van der Waals surface area contributed by atoms with Gasteiger partial charge in [0.1, 0.15) is 5.76 Å². The molecule has 1 unspecified atom stereocenters. The van der Waals surface area contributed by atoms with Crippen LogP contribution in [0.1, 0.15) is 29.9 Å². The molecule has 1 atom stereocenters. The number of nitrogens with zero attached hydrogens (tertiary/aromatic N) is 1. The molecule has 0 amide bonds. The monoisotopic (exact) mass is 216 g/mol. The minimum atomic E-state index is 0.114. The third-order valence-electron chi connectivity index (χ3n) is 2.61. The molecule has 2 aromatic rings. The Morgan fingerprint density at radius 1 is 1.44 bits per heavy atom. The first-order valence-electron chi connectivity index (χ1n) is 5.50. The van der Waals surface area contributed by atoms with Crippen molar-refractivity contribution in [1.29, 1.82) is 0 Å². The summed E-state index contributed by atoms with van der Waals surface area (Å²) in [5, 5.41) is 3.42. The number of furan rings is 1. The van der Waals surface area contributed by atoms with Crippen molar-refractivity contribution >= 4 is 0 Å². The van der Waals surface area contributed by atoms with E-state index in [9.17, 15) is 0 Å². The predicted molar refractivity (Wildman–Crippen MR) is 63.2 cm³/mol. The molecule has 0 aliphatic rings. The van der Waals surface area contributed by atoms with Crippen molar-refractivity contribution in [2.45, 2.75) is 19.9 Å². The quantitative estimate of drug-likeness (QED) is 0.853. The number of nitrogens with one attached hydrogen (secondary N) is 1. The highest BCUT2D eigenvalue weighted by Crippen LogP contribution is 2.24. The maximum Gasteiger partial charge on any atom is 0.125 e. The Morgan fingerprint density at radius 2 is 2.31 bits per heavy atom. The van der Waals surface area contributed by atoms with Gasteiger partial charge in [-0.3, -0.25) is 4.98 Å². The molecular weight excluding hydrogens is 200 g/mol. The smallest absolute Gasteiger partial charge is 0.125 e. The Labute approximate surface area is 95.5 Å². The predicted octanol–water partition coefficient (Wildman–Crippen LogP) is 2.68. The lowest BCUT2D eigenvalue weighted by Gasteiger charge is -2.17. The molecular formula is C13H16N2O. The van der Waals surface area contributed by atoms with Crippen molar-refractivity contribution in [3.05, 3.63) is 53.7 Å². The van der Waals surface area contributed by atoms with E-state index in [1.807, 2.05) is 30.6 Å². The zero-order valence-corrected chi connectivity index (χ0v) is 9.60. The molecule has 0 aromatic carbocycles. The van der Waals surface area contributed by atoms with Gasteiger partial charge in [-0.2, -0.15) is 0 Å². The Balaban J connectivity index is 2.37. The number of pyridine rings is 1. The standard InChI is InChI=1S/C13H16N2O/c1-3-15-13(12-5-4-8-16-12)11-6-7-14-9-10(11)2/h4-9,13,15H,3H2,1-2H3. The van der Waals surface area contributed by atoms with Gasteiger partial charge >= 0.3 is 0 Å². The summed E-state index contributed by atoms with van der Waals surface area (Å²) in [6, 6.07) is 6.05. The largest absolute Gasteiger partial charge is 0.467 e. The van der Waals surface area contributed by atoms with Crippen LogP contribution in [0.25, 0.3) is 0 Å². The van der Waals surface area contributed by atoms with E-state index >= 15 is 0 Å². The minimum Gasteiger partial charge on any atom is -0.467 e.